The molecule has 1 saturated heterocycles. The van der Waals surface area contributed by atoms with Gasteiger partial charge in [0.05, 0.1) is 4.90 Å². The van der Waals surface area contributed by atoms with Gasteiger partial charge in [-0.05, 0) is 62.6 Å². The molecule has 2 aromatic carbocycles. The lowest BCUT2D eigenvalue weighted by molar-refractivity contribution is -0.151. The van der Waals surface area contributed by atoms with E-state index in [1.807, 2.05) is 0 Å². The molecular weight excluding hydrogens is 397 g/mol. The van der Waals surface area contributed by atoms with E-state index in [0.717, 1.165) is 16.4 Å². The van der Waals surface area contributed by atoms with Gasteiger partial charge in [-0.15, -0.1) is 0 Å². The second kappa shape index (κ2) is 8.84. The van der Waals surface area contributed by atoms with Crippen molar-refractivity contribution in [3.63, 3.8) is 0 Å². The molecule has 8 heteroatoms. The van der Waals surface area contributed by atoms with Crippen molar-refractivity contribution in [1.82, 2.24) is 4.31 Å². The van der Waals surface area contributed by atoms with Gasteiger partial charge in [0.25, 0.3) is 0 Å². The highest BCUT2D eigenvalue weighted by molar-refractivity contribution is 7.89. The Morgan fingerprint density at radius 3 is 2.38 bits per heavy atom. The quantitative estimate of drug-likeness (QED) is 0.531. The van der Waals surface area contributed by atoms with Crippen molar-refractivity contribution in [2.75, 3.05) is 6.54 Å². The Kier molecular flexibility index (Phi) is 6.44. The van der Waals surface area contributed by atoms with E-state index in [1.54, 1.807) is 18.2 Å². The highest BCUT2D eigenvalue weighted by Crippen LogP contribution is 2.26. The molecule has 1 fully saturated rings. The van der Waals surface area contributed by atoms with Crippen LogP contribution in [0.4, 0.5) is 4.39 Å². The van der Waals surface area contributed by atoms with Crippen LogP contribution in [0.15, 0.2) is 59.5 Å². The maximum Gasteiger partial charge on any atom is 0.325 e. The third-order valence-corrected chi connectivity index (χ3v) is 6.79. The first-order valence-corrected chi connectivity index (χ1v) is 10.8. The molecule has 0 spiro atoms. The van der Waals surface area contributed by atoms with Crippen LogP contribution < -0.4 is 0 Å². The monoisotopic (exact) mass is 419 g/mol. The Bertz CT molecular complexity index is 976. The van der Waals surface area contributed by atoms with Crippen molar-refractivity contribution in [2.24, 2.45) is 0 Å². The van der Waals surface area contributed by atoms with Crippen LogP contribution in [0.25, 0.3) is 0 Å². The van der Waals surface area contributed by atoms with Crippen LogP contribution in [-0.4, -0.2) is 43.2 Å². The number of hydrogen-bond acceptors (Lipinski definition) is 5. The van der Waals surface area contributed by atoms with Crippen molar-refractivity contribution >= 4 is 21.8 Å². The molecule has 0 saturated carbocycles. The van der Waals surface area contributed by atoms with Crippen molar-refractivity contribution in [3.8, 4) is 0 Å². The Balaban J connectivity index is 1.76. The fourth-order valence-electron chi connectivity index (χ4n) is 3.31. The van der Waals surface area contributed by atoms with Crippen LogP contribution >= 0.6 is 0 Å². The standard InChI is InChI=1S/C21H22FNO5S/c1-15(20(24)16-10-12-17(22)13-11-16)28-21(25)19-9-5-6-14-23(19)29(26,27)18-7-3-2-4-8-18/h2-4,7-8,10-13,15,19H,5-6,9,14H2,1H3/t15-,19+/m0/s1. The molecule has 3 rings (SSSR count). The largest absolute Gasteiger partial charge is 0.453 e. The Morgan fingerprint density at radius 1 is 1.07 bits per heavy atom. The number of esters is 1. The number of piperidine rings is 1. The summed E-state index contributed by atoms with van der Waals surface area (Å²) in [6, 6.07) is 11.8. The predicted molar refractivity (Wildman–Crippen MR) is 104 cm³/mol. The van der Waals surface area contributed by atoms with Crippen LogP contribution in [0, 0.1) is 5.82 Å². The summed E-state index contributed by atoms with van der Waals surface area (Å²) in [5.74, 6) is -1.71. The summed E-state index contributed by atoms with van der Waals surface area (Å²) < 4.78 is 45.5. The second-order valence-corrected chi connectivity index (χ2v) is 8.78. The van der Waals surface area contributed by atoms with Crippen molar-refractivity contribution < 1.29 is 27.1 Å². The van der Waals surface area contributed by atoms with Gasteiger partial charge in [0.2, 0.25) is 15.8 Å². The van der Waals surface area contributed by atoms with Gasteiger partial charge in [-0.2, -0.15) is 4.31 Å². The van der Waals surface area contributed by atoms with E-state index in [-0.39, 0.29) is 17.0 Å². The first-order chi connectivity index (χ1) is 13.8. The minimum atomic E-state index is -3.86. The molecule has 0 amide bonds. The van der Waals surface area contributed by atoms with E-state index in [2.05, 4.69) is 0 Å². The molecule has 2 aromatic rings. The van der Waals surface area contributed by atoms with E-state index in [9.17, 15) is 22.4 Å². The Morgan fingerprint density at radius 2 is 1.72 bits per heavy atom. The molecule has 0 bridgehead atoms. The molecule has 1 heterocycles. The van der Waals surface area contributed by atoms with Crippen molar-refractivity contribution in [2.45, 2.75) is 43.2 Å². The second-order valence-electron chi connectivity index (χ2n) is 6.89. The molecule has 29 heavy (non-hydrogen) atoms. The molecule has 0 N–H and O–H groups in total. The number of hydrogen-bond donors (Lipinski definition) is 0. The smallest absolute Gasteiger partial charge is 0.325 e. The Labute approximate surface area is 169 Å². The number of sulfonamides is 1. The number of benzene rings is 2. The number of Topliss-reactive ketones (excluding diaryl/α,β-unsaturated/α-hetero) is 1. The summed E-state index contributed by atoms with van der Waals surface area (Å²) in [6.45, 7) is 1.62. The van der Waals surface area contributed by atoms with Gasteiger partial charge in [0.1, 0.15) is 11.9 Å². The average Bonchev–Trinajstić information content (AvgIpc) is 2.74. The predicted octanol–water partition coefficient (Wildman–Crippen LogP) is 3.18. The summed E-state index contributed by atoms with van der Waals surface area (Å²) in [6.07, 6.45) is 0.527. The summed E-state index contributed by atoms with van der Waals surface area (Å²) in [5, 5.41) is 0. The maximum atomic E-state index is 13.0. The van der Waals surface area contributed by atoms with Crippen LogP contribution in [-0.2, 0) is 19.6 Å². The minimum absolute atomic E-state index is 0.107. The summed E-state index contributed by atoms with van der Waals surface area (Å²) in [4.78, 5) is 25.3. The molecule has 6 nitrogen and oxygen atoms in total. The lowest BCUT2D eigenvalue weighted by atomic mass is 10.0. The van der Waals surface area contributed by atoms with Crippen LogP contribution in [0.1, 0.15) is 36.5 Å². The van der Waals surface area contributed by atoms with Crippen LogP contribution in [0.5, 0.6) is 0 Å². The summed E-state index contributed by atoms with van der Waals surface area (Å²) >= 11 is 0. The summed E-state index contributed by atoms with van der Waals surface area (Å²) in [7, 11) is -3.86. The maximum absolute atomic E-state index is 13.0. The zero-order chi connectivity index (χ0) is 21.0. The topological polar surface area (TPSA) is 80.8 Å². The number of nitrogens with zero attached hydrogens (tertiary/aromatic N) is 1. The third-order valence-electron chi connectivity index (χ3n) is 4.87. The van der Waals surface area contributed by atoms with E-state index in [1.165, 1.54) is 31.2 Å². The lowest BCUT2D eigenvalue weighted by Gasteiger charge is -2.33. The number of halogens is 1. The zero-order valence-corrected chi connectivity index (χ0v) is 16.8. The van der Waals surface area contributed by atoms with Gasteiger partial charge in [0.15, 0.2) is 6.10 Å². The molecule has 0 aliphatic carbocycles. The molecule has 2 atom stereocenters. The lowest BCUT2D eigenvalue weighted by Crippen LogP contribution is -2.49. The van der Waals surface area contributed by atoms with Gasteiger partial charge in [-0.25, -0.2) is 12.8 Å². The van der Waals surface area contributed by atoms with Gasteiger partial charge in [0, 0.05) is 12.1 Å². The van der Waals surface area contributed by atoms with Crippen LogP contribution in [0.2, 0.25) is 0 Å². The van der Waals surface area contributed by atoms with E-state index >= 15 is 0 Å². The van der Waals surface area contributed by atoms with Crippen molar-refractivity contribution in [3.05, 3.63) is 66.0 Å². The molecule has 0 unspecified atom stereocenters. The molecule has 1 aliphatic rings. The van der Waals surface area contributed by atoms with Gasteiger partial charge < -0.3 is 4.74 Å². The first-order valence-electron chi connectivity index (χ1n) is 9.38. The molecule has 0 radical (unpaired) electrons. The number of carbonyl (C=O) groups excluding carboxylic acids is 2. The average molecular weight is 419 g/mol. The van der Waals surface area contributed by atoms with Gasteiger partial charge >= 0.3 is 5.97 Å². The molecule has 0 aromatic heterocycles. The minimum Gasteiger partial charge on any atom is -0.453 e. The highest BCUT2D eigenvalue weighted by atomic mass is 32.2. The van der Waals surface area contributed by atoms with Gasteiger partial charge in [-0.3, -0.25) is 9.59 Å². The fraction of sp³-hybridized carbons (Fsp3) is 0.333. The van der Waals surface area contributed by atoms with E-state index < -0.39 is 39.7 Å². The highest BCUT2D eigenvalue weighted by Gasteiger charge is 2.39. The van der Waals surface area contributed by atoms with E-state index in [0.29, 0.717) is 19.3 Å². The third kappa shape index (κ3) is 4.71. The number of ether oxygens (including phenoxy) is 1. The van der Waals surface area contributed by atoms with Gasteiger partial charge in [-0.1, -0.05) is 18.2 Å². The SMILES string of the molecule is C[C@H](OC(=O)[C@H]1CCCCN1S(=O)(=O)c1ccccc1)C(=O)c1ccc(F)cc1. The molecule has 1 aliphatic heterocycles. The molecule has 154 valence electrons. The summed E-state index contributed by atoms with van der Waals surface area (Å²) in [5.41, 5.74) is 0.212. The normalized spacial score (nSPS) is 18.8. The van der Waals surface area contributed by atoms with Crippen molar-refractivity contribution in [1.29, 1.82) is 0 Å². The first kappa shape index (κ1) is 21.1. The Hall–Kier alpha value is -2.58. The number of rotatable bonds is 6. The fourth-order valence-corrected chi connectivity index (χ4v) is 4.98. The zero-order valence-electron chi connectivity index (χ0n) is 16.0. The molecular formula is C21H22FNO5S. The van der Waals surface area contributed by atoms with Crippen LogP contribution in [0.3, 0.4) is 0 Å². The number of carbonyl (C=O) groups is 2. The van der Waals surface area contributed by atoms with E-state index in [4.69, 9.17) is 4.74 Å². The number of ketones is 1.